The highest BCUT2D eigenvalue weighted by Crippen LogP contribution is 2.24. The van der Waals surface area contributed by atoms with Gasteiger partial charge in [0.1, 0.15) is 0 Å². The maximum atomic E-state index is 11.9. The molecule has 0 saturated carbocycles. The molecule has 0 bridgehead atoms. The van der Waals surface area contributed by atoms with Crippen molar-refractivity contribution in [3.05, 3.63) is 33.8 Å². The highest BCUT2D eigenvalue weighted by Gasteiger charge is 2.18. The summed E-state index contributed by atoms with van der Waals surface area (Å²) in [7, 11) is 0. The van der Waals surface area contributed by atoms with Crippen molar-refractivity contribution >= 4 is 39.3 Å². The van der Waals surface area contributed by atoms with E-state index in [0.717, 1.165) is 5.56 Å². The van der Waals surface area contributed by atoms with E-state index in [4.69, 9.17) is 16.3 Å². The summed E-state index contributed by atoms with van der Waals surface area (Å²) in [6, 6.07) is 5.18. The molecule has 0 radical (unpaired) electrons. The molecule has 98 valence electrons. The number of Topliss-reactive ketones (excluding diaryl/α,β-unsaturated/α-hetero) is 1. The van der Waals surface area contributed by atoms with E-state index in [1.165, 1.54) is 0 Å². The average Bonchev–Trinajstić information content (AvgIpc) is 2.31. The monoisotopic (exact) mass is 332 g/mol. The van der Waals surface area contributed by atoms with Gasteiger partial charge in [0, 0.05) is 10.0 Å². The first-order chi connectivity index (χ1) is 8.47. The Bertz CT molecular complexity index is 458. The quantitative estimate of drug-likeness (QED) is 0.471. The average molecular weight is 334 g/mol. The molecule has 1 aromatic rings. The third-order valence-electron chi connectivity index (χ3n) is 2.35. The van der Waals surface area contributed by atoms with Crippen LogP contribution in [-0.4, -0.2) is 23.7 Å². The summed E-state index contributed by atoms with van der Waals surface area (Å²) in [4.78, 5) is 23.3. The van der Waals surface area contributed by atoms with Crippen LogP contribution in [0.25, 0.3) is 0 Å². The van der Waals surface area contributed by atoms with Gasteiger partial charge in [0.15, 0.2) is 5.78 Å². The van der Waals surface area contributed by atoms with Crippen LogP contribution in [0.5, 0.6) is 0 Å². The van der Waals surface area contributed by atoms with Gasteiger partial charge < -0.3 is 4.74 Å². The second-order valence-electron chi connectivity index (χ2n) is 3.74. The van der Waals surface area contributed by atoms with Gasteiger partial charge in [-0.25, -0.2) is 0 Å². The molecular formula is C13H14BrClO3. The van der Waals surface area contributed by atoms with E-state index in [0.29, 0.717) is 16.6 Å². The number of esters is 1. The number of halogens is 2. The number of hydrogen-bond donors (Lipinski definition) is 0. The van der Waals surface area contributed by atoms with Gasteiger partial charge in [-0.3, -0.25) is 9.59 Å². The van der Waals surface area contributed by atoms with Crippen molar-refractivity contribution in [2.24, 2.45) is 0 Å². The molecule has 0 aliphatic carbocycles. The van der Waals surface area contributed by atoms with E-state index in [9.17, 15) is 9.59 Å². The van der Waals surface area contributed by atoms with Crippen molar-refractivity contribution in [3.63, 3.8) is 0 Å². The third kappa shape index (κ3) is 3.82. The first-order valence-electron chi connectivity index (χ1n) is 5.58. The van der Waals surface area contributed by atoms with E-state index in [1.807, 2.05) is 0 Å². The number of carbonyl (C=O) groups excluding carboxylic acids is 2. The molecule has 0 spiro atoms. The highest BCUT2D eigenvalue weighted by molar-refractivity contribution is 9.10. The number of carbonyl (C=O) groups is 2. The van der Waals surface area contributed by atoms with Crippen LogP contribution >= 0.6 is 27.5 Å². The Morgan fingerprint density at radius 3 is 2.67 bits per heavy atom. The van der Waals surface area contributed by atoms with Crippen molar-refractivity contribution in [2.45, 2.75) is 25.6 Å². The minimum absolute atomic E-state index is 0.131. The number of benzene rings is 1. The first kappa shape index (κ1) is 15.2. The Morgan fingerprint density at radius 1 is 1.44 bits per heavy atom. The van der Waals surface area contributed by atoms with Crippen molar-refractivity contribution in [1.82, 2.24) is 0 Å². The number of alkyl halides is 1. The molecule has 1 atom stereocenters. The highest BCUT2D eigenvalue weighted by atomic mass is 79.9. The van der Waals surface area contributed by atoms with Gasteiger partial charge >= 0.3 is 5.97 Å². The molecule has 0 amide bonds. The van der Waals surface area contributed by atoms with Crippen LogP contribution in [0.3, 0.4) is 0 Å². The summed E-state index contributed by atoms with van der Waals surface area (Å²) >= 11 is 9.12. The minimum atomic E-state index is -0.598. The summed E-state index contributed by atoms with van der Waals surface area (Å²) in [5.41, 5.74) is 1.20. The van der Waals surface area contributed by atoms with Crippen LogP contribution in [0.2, 0.25) is 0 Å². The molecule has 3 nitrogen and oxygen atoms in total. The summed E-state index contributed by atoms with van der Waals surface area (Å²) in [5, 5.41) is -0.598. The molecule has 0 N–H and O–H groups in total. The predicted octanol–water partition coefficient (Wildman–Crippen LogP) is 3.36. The molecule has 1 rings (SSSR count). The van der Waals surface area contributed by atoms with Crippen LogP contribution < -0.4 is 0 Å². The minimum Gasteiger partial charge on any atom is -0.466 e. The fourth-order valence-electron chi connectivity index (χ4n) is 1.49. The first-order valence-corrected chi connectivity index (χ1v) is 6.81. The summed E-state index contributed by atoms with van der Waals surface area (Å²) in [6.45, 7) is 3.71. The van der Waals surface area contributed by atoms with Crippen LogP contribution in [0, 0.1) is 0 Å². The fourth-order valence-corrected chi connectivity index (χ4v) is 2.21. The molecular weight excluding hydrogens is 319 g/mol. The zero-order chi connectivity index (χ0) is 13.7. The van der Waals surface area contributed by atoms with Crippen LogP contribution in [0.4, 0.5) is 0 Å². The van der Waals surface area contributed by atoms with Gasteiger partial charge in [0.25, 0.3) is 0 Å². The maximum absolute atomic E-state index is 11.9. The van der Waals surface area contributed by atoms with Crippen molar-refractivity contribution in [1.29, 1.82) is 0 Å². The molecule has 0 aromatic heterocycles. The Kier molecular flexibility index (Phi) is 5.82. The van der Waals surface area contributed by atoms with Crippen molar-refractivity contribution in [3.8, 4) is 0 Å². The molecule has 1 unspecified atom stereocenters. The summed E-state index contributed by atoms with van der Waals surface area (Å²) in [6.07, 6.45) is 0.131. The van der Waals surface area contributed by atoms with Crippen molar-refractivity contribution in [2.75, 3.05) is 6.61 Å². The van der Waals surface area contributed by atoms with Gasteiger partial charge in [-0.15, -0.1) is 11.6 Å². The van der Waals surface area contributed by atoms with Gasteiger partial charge in [-0.2, -0.15) is 0 Å². The Hall–Kier alpha value is -0.870. The molecule has 1 aromatic carbocycles. The molecule has 5 heteroatoms. The maximum Gasteiger partial charge on any atom is 0.310 e. The molecule has 0 saturated heterocycles. The van der Waals surface area contributed by atoms with Crippen molar-refractivity contribution < 1.29 is 14.3 Å². The Labute approximate surface area is 120 Å². The fraction of sp³-hybridized carbons (Fsp3) is 0.385. The molecule has 0 aliphatic rings. The molecule has 18 heavy (non-hydrogen) atoms. The third-order valence-corrected chi connectivity index (χ3v) is 3.48. The lowest BCUT2D eigenvalue weighted by atomic mass is 10.0. The summed E-state index contributed by atoms with van der Waals surface area (Å²) in [5.74, 6) is -0.490. The van der Waals surface area contributed by atoms with Crippen LogP contribution in [-0.2, 0) is 16.0 Å². The topological polar surface area (TPSA) is 43.4 Å². The zero-order valence-electron chi connectivity index (χ0n) is 10.2. The smallest absolute Gasteiger partial charge is 0.310 e. The zero-order valence-corrected chi connectivity index (χ0v) is 12.5. The van der Waals surface area contributed by atoms with E-state index >= 15 is 0 Å². The largest absolute Gasteiger partial charge is 0.466 e. The normalized spacial score (nSPS) is 12.0. The molecule has 0 fully saturated rings. The van der Waals surface area contributed by atoms with Crippen LogP contribution in [0.1, 0.15) is 29.8 Å². The number of rotatable bonds is 5. The predicted molar refractivity (Wildman–Crippen MR) is 74.1 cm³/mol. The second-order valence-corrected chi connectivity index (χ2v) is 5.19. The number of ether oxygens (including phenoxy) is 1. The number of hydrogen-bond acceptors (Lipinski definition) is 3. The lowest BCUT2D eigenvalue weighted by Crippen LogP contribution is -2.13. The van der Waals surface area contributed by atoms with E-state index in [2.05, 4.69) is 15.9 Å². The standard InChI is InChI=1S/C13H14BrClO3/c1-3-18-11(16)7-9-5-4-6-10(12(9)14)13(17)8(2)15/h4-6,8H,3,7H2,1-2H3. The lowest BCUT2D eigenvalue weighted by molar-refractivity contribution is -0.142. The van der Waals surface area contributed by atoms with Gasteiger partial charge in [0.05, 0.1) is 18.4 Å². The SMILES string of the molecule is CCOC(=O)Cc1cccc(C(=O)C(C)Cl)c1Br. The van der Waals surface area contributed by atoms with E-state index in [1.54, 1.807) is 32.0 Å². The number of ketones is 1. The summed E-state index contributed by atoms with van der Waals surface area (Å²) < 4.78 is 5.48. The molecule has 0 aliphatic heterocycles. The van der Waals surface area contributed by atoms with Gasteiger partial charge in [-0.1, -0.05) is 18.2 Å². The van der Waals surface area contributed by atoms with Gasteiger partial charge in [-0.05, 0) is 35.3 Å². The Morgan fingerprint density at radius 2 is 2.11 bits per heavy atom. The van der Waals surface area contributed by atoms with Gasteiger partial charge in [0.2, 0.25) is 0 Å². The van der Waals surface area contributed by atoms with E-state index in [-0.39, 0.29) is 18.2 Å². The Balaban J connectivity index is 2.99. The van der Waals surface area contributed by atoms with Crippen LogP contribution in [0.15, 0.2) is 22.7 Å². The lowest BCUT2D eigenvalue weighted by Gasteiger charge is -2.09. The van der Waals surface area contributed by atoms with E-state index < -0.39 is 5.38 Å². The second kappa shape index (κ2) is 6.90. The molecule has 0 heterocycles.